The van der Waals surface area contributed by atoms with Crippen molar-refractivity contribution in [3.8, 4) is 17.0 Å². The number of fused-ring (bicyclic) bond motifs is 4. The summed E-state index contributed by atoms with van der Waals surface area (Å²) in [5.41, 5.74) is 18.0. The van der Waals surface area contributed by atoms with Crippen molar-refractivity contribution in [2.75, 3.05) is 12.8 Å². The van der Waals surface area contributed by atoms with Crippen LogP contribution in [0.3, 0.4) is 0 Å². The zero-order valence-corrected chi connectivity index (χ0v) is 15.9. The first-order valence-corrected chi connectivity index (χ1v) is 9.45. The number of benzene rings is 1. The molecule has 134 valence electrons. The van der Waals surface area contributed by atoms with Crippen molar-refractivity contribution in [2.45, 2.75) is 32.6 Å². The molecule has 0 saturated heterocycles. The van der Waals surface area contributed by atoms with Gasteiger partial charge in [-0.1, -0.05) is 13.8 Å². The molecule has 0 unspecified atom stereocenters. The van der Waals surface area contributed by atoms with Crippen LogP contribution in [0.5, 0.6) is 5.75 Å². The number of rotatable bonds is 3. The largest absolute Gasteiger partial charge is 0.497 e. The van der Waals surface area contributed by atoms with Crippen LogP contribution in [0.15, 0.2) is 18.2 Å². The summed E-state index contributed by atoms with van der Waals surface area (Å²) < 4.78 is 5.36. The van der Waals surface area contributed by atoms with E-state index in [9.17, 15) is 4.79 Å². The highest BCUT2D eigenvalue weighted by atomic mass is 32.1. The van der Waals surface area contributed by atoms with Crippen LogP contribution in [0.4, 0.5) is 5.69 Å². The fraction of sp³-hybridized carbons (Fsp3) is 0.300. The van der Waals surface area contributed by atoms with E-state index >= 15 is 0 Å². The topological polar surface area (TPSA) is 91.2 Å². The number of aromatic nitrogens is 1. The maximum absolute atomic E-state index is 11.8. The van der Waals surface area contributed by atoms with Crippen LogP contribution in [0, 0.1) is 0 Å². The average Bonchev–Trinajstić information content (AvgIpc) is 2.95. The van der Waals surface area contributed by atoms with E-state index in [1.54, 1.807) is 7.11 Å². The summed E-state index contributed by atoms with van der Waals surface area (Å²) in [6, 6.07) is 6.12. The number of ether oxygens (including phenoxy) is 1. The van der Waals surface area contributed by atoms with E-state index in [1.165, 1.54) is 28.0 Å². The lowest BCUT2D eigenvalue weighted by atomic mass is 9.82. The third-order valence-electron chi connectivity index (χ3n) is 5.03. The molecule has 1 amide bonds. The summed E-state index contributed by atoms with van der Waals surface area (Å²) in [7, 11) is 1.68. The number of pyridine rings is 1. The Hall–Kier alpha value is -2.60. The van der Waals surface area contributed by atoms with Crippen molar-refractivity contribution in [3.05, 3.63) is 39.8 Å². The Morgan fingerprint density at radius 1 is 1.31 bits per heavy atom. The van der Waals surface area contributed by atoms with E-state index in [0.29, 0.717) is 10.6 Å². The molecule has 4 rings (SSSR count). The minimum Gasteiger partial charge on any atom is -0.497 e. The number of nitrogen functional groups attached to an aromatic ring is 1. The Morgan fingerprint density at radius 3 is 2.73 bits per heavy atom. The molecule has 5 nitrogen and oxygen atoms in total. The van der Waals surface area contributed by atoms with Gasteiger partial charge in [0.15, 0.2) is 0 Å². The van der Waals surface area contributed by atoms with E-state index < -0.39 is 5.91 Å². The van der Waals surface area contributed by atoms with Crippen molar-refractivity contribution in [1.29, 1.82) is 0 Å². The molecule has 0 fully saturated rings. The highest BCUT2D eigenvalue weighted by Gasteiger charge is 2.27. The smallest absolute Gasteiger partial charge is 0.260 e. The molecule has 4 N–H and O–H groups in total. The van der Waals surface area contributed by atoms with Crippen LogP contribution >= 0.6 is 11.3 Å². The highest BCUT2D eigenvalue weighted by Crippen LogP contribution is 2.45. The molecular weight excluding hydrogens is 346 g/mol. The fourth-order valence-electron chi connectivity index (χ4n) is 3.91. The van der Waals surface area contributed by atoms with Crippen molar-refractivity contribution >= 4 is 33.1 Å². The van der Waals surface area contributed by atoms with E-state index in [1.807, 2.05) is 6.07 Å². The van der Waals surface area contributed by atoms with Crippen LogP contribution in [0.1, 0.15) is 46.1 Å². The summed E-state index contributed by atoms with van der Waals surface area (Å²) >= 11 is 1.28. The maximum atomic E-state index is 11.8. The Morgan fingerprint density at radius 2 is 2.08 bits per heavy atom. The van der Waals surface area contributed by atoms with Gasteiger partial charge in [-0.25, -0.2) is 4.98 Å². The molecule has 2 aromatic heterocycles. The number of nitrogens with two attached hydrogens (primary N) is 2. The van der Waals surface area contributed by atoms with Crippen LogP contribution in [-0.4, -0.2) is 18.0 Å². The normalized spacial score (nSPS) is 12.9. The SMILES string of the molecule is COc1ccc2c(c1)CCc1c-2nc2sc(C(N)=O)c(N)c2c1C(C)C. The summed E-state index contributed by atoms with van der Waals surface area (Å²) in [5.74, 6) is 0.628. The fourth-order valence-corrected chi connectivity index (χ4v) is 4.87. The lowest BCUT2D eigenvalue weighted by molar-refractivity contribution is 0.100. The van der Waals surface area contributed by atoms with Gasteiger partial charge in [0.1, 0.15) is 15.5 Å². The standard InChI is InChI=1S/C20H21N3O2S/c1-9(2)14-13-6-4-10-8-11(25-3)5-7-12(10)17(13)23-20-15(14)16(21)18(26-20)19(22)24/h5,7-9H,4,6,21H2,1-3H3,(H2,22,24). The number of primary amides is 1. The molecule has 3 aromatic rings. The quantitative estimate of drug-likeness (QED) is 0.735. The van der Waals surface area contributed by atoms with Crippen LogP contribution in [-0.2, 0) is 12.8 Å². The van der Waals surface area contributed by atoms with Gasteiger partial charge < -0.3 is 16.2 Å². The molecular formula is C20H21N3O2S. The van der Waals surface area contributed by atoms with Crippen LogP contribution < -0.4 is 16.2 Å². The molecule has 0 bridgehead atoms. The van der Waals surface area contributed by atoms with Gasteiger partial charge in [-0.2, -0.15) is 0 Å². The first kappa shape index (κ1) is 16.8. The number of nitrogens with zero attached hydrogens (tertiary/aromatic N) is 1. The predicted octanol–water partition coefficient (Wildman–Crippen LogP) is 3.88. The van der Waals surface area contributed by atoms with E-state index in [2.05, 4.69) is 26.0 Å². The predicted molar refractivity (Wildman–Crippen MR) is 106 cm³/mol. The number of thiophene rings is 1. The van der Waals surface area contributed by atoms with Crippen molar-refractivity contribution < 1.29 is 9.53 Å². The van der Waals surface area contributed by atoms with Gasteiger partial charge in [0.2, 0.25) is 0 Å². The maximum Gasteiger partial charge on any atom is 0.260 e. The highest BCUT2D eigenvalue weighted by molar-refractivity contribution is 7.21. The number of carbonyl (C=O) groups is 1. The third kappa shape index (κ3) is 2.36. The summed E-state index contributed by atoms with van der Waals surface area (Å²) in [5, 5.41) is 0.898. The van der Waals surface area contributed by atoms with Crippen LogP contribution in [0.2, 0.25) is 0 Å². The minimum absolute atomic E-state index is 0.270. The molecule has 0 radical (unpaired) electrons. The molecule has 2 heterocycles. The molecule has 6 heteroatoms. The van der Waals surface area contributed by atoms with Gasteiger partial charge in [-0.15, -0.1) is 11.3 Å². The molecule has 1 aromatic carbocycles. The number of hydrogen-bond donors (Lipinski definition) is 2. The van der Waals surface area contributed by atoms with Gasteiger partial charge in [-0.05, 0) is 53.6 Å². The summed E-state index contributed by atoms with van der Waals surface area (Å²) in [4.78, 5) is 17.9. The number of hydrogen-bond acceptors (Lipinski definition) is 5. The van der Waals surface area contributed by atoms with Crippen LogP contribution in [0.25, 0.3) is 21.5 Å². The minimum atomic E-state index is -0.497. The monoisotopic (exact) mass is 367 g/mol. The van der Waals surface area contributed by atoms with E-state index in [4.69, 9.17) is 21.2 Å². The Labute approximate surface area is 156 Å². The number of aryl methyl sites for hydroxylation is 1. The zero-order chi connectivity index (χ0) is 18.6. The third-order valence-corrected chi connectivity index (χ3v) is 6.15. The molecule has 0 atom stereocenters. The first-order chi connectivity index (χ1) is 12.4. The Bertz CT molecular complexity index is 1050. The van der Waals surface area contributed by atoms with E-state index in [-0.39, 0.29) is 5.92 Å². The summed E-state index contributed by atoms with van der Waals surface area (Å²) in [6.45, 7) is 4.30. The lowest BCUT2D eigenvalue weighted by Crippen LogP contribution is -2.12. The second-order valence-corrected chi connectivity index (χ2v) is 7.92. The number of amides is 1. The van der Waals surface area contributed by atoms with Crippen molar-refractivity contribution in [3.63, 3.8) is 0 Å². The Kier molecular flexibility index (Phi) is 3.88. The first-order valence-electron chi connectivity index (χ1n) is 8.64. The van der Waals surface area contributed by atoms with Gasteiger partial charge in [0.25, 0.3) is 5.91 Å². The number of carbonyl (C=O) groups excluding carboxylic acids is 1. The molecule has 0 aliphatic heterocycles. The van der Waals surface area contributed by atoms with Crippen molar-refractivity contribution in [2.24, 2.45) is 5.73 Å². The average molecular weight is 367 g/mol. The number of methoxy groups -OCH3 is 1. The lowest BCUT2D eigenvalue weighted by Gasteiger charge is -2.24. The molecule has 0 spiro atoms. The second-order valence-electron chi connectivity index (χ2n) is 6.92. The molecule has 1 aliphatic rings. The molecule has 1 aliphatic carbocycles. The van der Waals surface area contributed by atoms with Gasteiger partial charge >= 0.3 is 0 Å². The number of anilines is 1. The molecule has 0 saturated carbocycles. The van der Waals surface area contributed by atoms with Crippen molar-refractivity contribution in [1.82, 2.24) is 4.98 Å². The second kappa shape index (κ2) is 5.99. The molecule has 26 heavy (non-hydrogen) atoms. The van der Waals surface area contributed by atoms with Gasteiger partial charge in [0.05, 0.1) is 18.5 Å². The zero-order valence-electron chi connectivity index (χ0n) is 15.1. The Balaban J connectivity index is 2.07. The van der Waals surface area contributed by atoms with Gasteiger partial charge in [0, 0.05) is 10.9 Å². The summed E-state index contributed by atoms with van der Waals surface area (Å²) in [6.07, 6.45) is 1.83. The van der Waals surface area contributed by atoms with Gasteiger partial charge in [-0.3, -0.25) is 4.79 Å². The van der Waals surface area contributed by atoms with E-state index in [0.717, 1.165) is 40.1 Å².